The number of ether oxygens (including phenoxy) is 3. The average Bonchev–Trinajstić information content (AvgIpc) is 3.22. The highest BCUT2D eigenvalue weighted by atomic mass is 16.6. The third kappa shape index (κ3) is 44.0. The van der Waals surface area contributed by atoms with E-state index in [1.807, 2.05) is 0 Å². The van der Waals surface area contributed by atoms with Gasteiger partial charge in [0, 0.05) is 19.3 Å². The van der Waals surface area contributed by atoms with Crippen LogP contribution in [-0.2, 0) is 28.6 Å². The first-order valence-corrected chi connectivity index (χ1v) is 24.0. The molecule has 332 valence electrons. The molecule has 0 heterocycles. The Labute approximate surface area is 357 Å². The van der Waals surface area contributed by atoms with Crippen molar-refractivity contribution in [2.45, 2.75) is 226 Å². The zero-order valence-electron chi connectivity index (χ0n) is 37.8. The van der Waals surface area contributed by atoms with Crippen LogP contribution in [0.15, 0.2) is 72.9 Å². The van der Waals surface area contributed by atoms with Crippen LogP contribution in [0.1, 0.15) is 220 Å². The zero-order chi connectivity index (χ0) is 42.3. The minimum absolute atomic E-state index is 0.0896. The molecule has 0 aliphatic rings. The highest BCUT2D eigenvalue weighted by Gasteiger charge is 2.19. The van der Waals surface area contributed by atoms with Crippen LogP contribution in [0.2, 0.25) is 0 Å². The topological polar surface area (TPSA) is 78.9 Å². The van der Waals surface area contributed by atoms with Crippen LogP contribution in [0.4, 0.5) is 0 Å². The Hall–Kier alpha value is -3.15. The van der Waals surface area contributed by atoms with Gasteiger partial charge in [-0.25, -0.2) is 0 Å². The maximum atomic E-state index is 12.7. The number of carbonyl (C=O) groups excluding carboxylic acids is 3. The summed E-state index contributed by atoms with van der Waals surface area (Å²) in [7, 11) is 0. The van der Waals surface area contributed by atoms with Crippen LogP contribution in [0.5, 0.6) is 0 Å². The molecule has 1 unspecified atom stereocenters. The molecule has 6 heteroatoms. The van der Waals surface area contributed by atoms with E-state index in [9.17, 15) is 14.4 Å². The molecule has 0 aromatic carbocycles. The van der Waals surface area contributed by atoms with Gasteiger partial charge in [0.15, 0.2) is 6.10 Å². The summed E-state index contributed by atoms with van der Waals surface area (Å²) in [5.41, 5.74) is 0. The van der Waals surface area contributed by atoms with E-state index in [4.69, 9.17) is 14.2 Å². The zero-order valence-corrected chi connectivity index (χ0v) is 37.8. The van der Waals surface area contributed by atoms with Gasteiger partial charge in [0.05, 0.1) is 0 Å². The second-order valence-electron chi connectivity index (χ2n) is 15.7. The first-order valence-electron chi connectivity index (χ1n) is 24.0. The molecule has 0 saturated carbocycles. The van der Waals surface area contributed by atoms with E-state index < -0.39 is 6.10 Å². The molecule has 0 fully saturated rings. The normalized spacial score (nSPS) is 12.7. The van der Waals surface area contributed by atoms with Gasteiger partial charge in [-0.2, -0.15) is 0 Å². The molecule has 0 radical (unpaired) electrons. The Morgan fingerprint density at radius 1 is 0.362 bits per heavy atom. The van der Waals surface area contributed by atoms with E-state index in [0.717, 1.165) is 109 Å². The molecule has 0 bridgehead atoms. The summed E-state index contributed by atoms with van der Waals surface area (Å²) in [6.07, 6.45) is 57.4. The Morgan fingerprint density at radius 3 is 1.03 bits per heavy atom. The molecule has 0 aliphatic carbocycles. The van der Waals surface area contributed by atoms with Crippen molar-refractivity contribution in [3.8, 4) is 0 Å². The molecular weight excluding hydrogens is 721 g/mol. The monoisotopic (exact) mass is 809 g/mol. The Balaban J connectivity index is 4.43. The lowest BCUT2D eigenvalue weighted by molar-refractivity contribution is -0.167. The molecule has 0 saturated heterocycles. The number of carbonyl (C=O) groups is 3. The van der Waals surface area contributed by atoms with E-state index in [1.165, 1.54) is 70.6 Å². The molecule has 0 rings (SSSR count). The summed E-state index contributed by atoms with van der Waals surface area (Å²) < 4.78 is 16.7. The summed E-state index contributed by atoms with van der Waals surface area (Å²) in [5.74, 6) is -0.933. The maximum absolute atomic E-state index is 12.7. The van der Waals surface area contributed by atoms with Crippen LogP contribution in [0.3, 0.4) is 0 Å². The van der Waals surface area contributed by atoms with E-state index in [0.29, 0.717) is 19.3 Å². The number of allylic oxidation sites excluding steroid dienone is 12. The summed E-state index contributed by atoms with van der Waals surface area (Å²) in [6, 6.07) is 0. The lowest BCUT2D eigenvalue weighted by Crippen LogP contribution is -2.30. The van der Waals surface area contributed by atoms with E-state index in [1.54, 1.807) is 0 Å². The minimum atomic E-state index is -0.791. The number of esters is 3. The average molecular weight is 809 g/mol. The fraction of sp³-hybridized carbons (Fsp3) is 0.712. The van der Waals surface area contributed by atoms with Crippen molar-refractivity contribution in [3.05, 3.63) is 72.9 Å². The second-order valence-corrected chi connectivity index (χ2v) is 15.7. The van der Waals surface area contributed by atoms with Gasteiger partial charge < -0.3 is 14.2 Å². The van der Waals surface area contributed by atoms with Crippen LogP contribution >= 0.6 is 0 Å². The van der Waals surface area contributed by atoms with Gasteiger partial charge in [0.2, 0.25) is 0 Å². The molecule has 0 spiro atoms. The third-order valence-corrected chi connectivity index (χ3v) is 10.1. The lowest BCUT2D eigenvalue weighted by atomic mass is 10.0. The van der Waals surface area contributed by atoms with Crippen molar-refractivity contribution in [2.24, 2.45) is 0 Å². The molecular formula is C52H88O6. The first kappa shape index (κ1) is 54.9. The maximum Gasteiger partial charge on any atom is 0.306 e. The van der Waals surface area contributed by atoms with Gasteiger partial charge in [0.1, 0.15) is 13.2 Å². The Morgan fingerprint density at radius 2 is 0.672 bits per heavy atom. The van der Waals surface area contributed by atoms with Crippen molar-refractivity contribution in [1.29, 1.82) is 0 Å². The highest BCUT2D eigenvalue weighted by molar-refractivity contribution is 5.71. The number of hydrogen-bond acceptors (Lipinski definition) is 6. The van der Waals surface area contributed by atoms with Crippen molar-refractivity contribution >= 4 is 17.9 Å². The van der Waals surface area contributed by atoms with Gasteiger partial charge >= 0.3 is 17.9 Å². The smallest absolute Gasteiger partial charge is 0.306 e. The molecule has 0 amide bonds. The van der Waals surface area contributed by atoms with Crippen molar-refractivity contribution in [2.75, 3.05) is 13.2 Å². The first-order chi connectivity index (χ1) is 28.5. The molecule has 6 nitrogen and oxygen atoms in total. The van der Waals surface area contributed by atoms with Gasteiger partial charge in [-0.1, -0.05) is 216 Å². The number of rotatable bonds is 42. The van der Waals surface area contributed by atoms with Gasteiger partial charge in [-0.15, -0.1) is 0 Å². The fourth-order valence-corrected chi connectivity index (χ4v) is 6.50. The summed E-state index contributed by atoms with van der Waals surface area (Å²) >= 11 is 0. The van der Waals surface area contributed by atoms with E-state index in [2.05, 4.69) is 93.7 Å². The molecule has 0 aliphatic heterocycles. The second kappa shape index (κ2) is 46.5. The quantitative estimate of drug-likeness (QED) is 0.0264. The summed E-state index contributed by atoms with van der Waals surface area (Å²) in [5, 5.41) is 0. The summed E-state index contributed by atoms with van der Waals surface area (Å²) in [4.78, 5) is 37.8. The molecule has 58 heavy (non-hydrogen) atoms. The lowest BCUT2D eigenvalue weighted by Gasteiger charge is -2.18. The predicted molar refractivity (Wildman–Crippen MR) is 247 cm³/mol. The van der Waals surface area contributed by atoms with E-state index >= 15 is 0 Å². The van der Waals surface area contributed by atoms with Gasteiger partial charge in [-0.3, -0.25) is 14.4 Å². The third-order valence-electron chi connectivity index (χ3n) is 10.1. The molecule has 0 aromatic heterocycles. The van der Waals surface area contributed by atoms with Crippen LogP contribution < -0.4 is 0 Å². The minimum Gasteiger partial charge on any atom is -0.462 e. The predicted octanol–water partition coefficient (Wildman–Crippen LogP) is 15.5. The number of hydrogen-bond donors (Lipinski definition) is 0. The van der Waals surface area contributed by atoms with Crippen LogP contribution in [0.25, 0.3) is 0 Å². The Bertz CT molecular complexity index is 1110. The fourth-order valence-electron chi connectivity index (χ4n) is 6.50. The van der Waals surface area contributed by atoms with Crippen LogP contribution in [-0.4, -0.2) is 37.2 Å². The van der Waals surface area contributed by atoms with Crippen molar-refractivity contribution in [1.82, 2.24) is 0 Å². The SMILES string of the molecule is CC/C=C/C=C/C=C/CCCCCCCC(=O)OCC(COC(=O)CCCCCCCCCCCCCCCC)OC(=O)CCCCCCC/C=C/C=C/C=C/CC. The largest absolute Gasteiger partial charge is 0.462 e. The highest BCUT2D eigenvalue weighted by Crippen LogP contribution is 2.15. The van der Waals surface area contributed by atoms with Gasteiger partial charge in [-0.05, 0) is 57.8 Å². The standard InChI is InChI=1S/C52H88O6/c1-4-7-10-13-16-19-22-25-28-30-33-36-39-42-45-51(54)57-48-49(58-52(55)46-43-40-37-34-31-27-24-21-18-15-12-9-6-3)47-56-50(53)44-41-38-35-32-29-26-23-20-17-14-11-8-5-2/h8-9,11-12,14-15,17-18,20-21,23-24,49H,4-7,10,13,16,19,22,25-48H2,1-3H3/b11-8+,12-9+,17-14+,18-15+,23-20+,24-21+. The molecule has 0 N–H and O–H groups in total. The van der Waals surface area contributed by atoms with Crippen molar-refractivity contribution in [3.63, 3.8) is 0 Å². The number of unbranched alkanes of at least 4 members (excludes halogenated alkanes) is 23. The molecule has 1 atom stereocenters. The van der Waals surface area contributed by atoms with Gasteiger partial charge in [0.25, 0.3) is 0 Å². The summed E-state index contributed by atoms with van der Waals surface area (Å²) in [6.45, 7) is 6.33. The molecule has 0 aromatic rings. The van der Waals surface area contributed by atoms with E-state index in [-0.39, 0.29) is 31.1 Å². The van der Waals surface area contributed by atoms with Crippen molar-refractivity contribution < 1.29 is 28.6 Å². The van der Waals surface area contributed by atoms with Crippen LogP contribution in [0, 0.1) is 0 Å². The Kier molecular flexibility index (Phi) is 44.0.